The van der Waals surface area contributed by atoms with Crippen molar-refractivity contribution in [1.29, 1.82) is 0 Å². The van der Waals surface area contributed by atoms with Crippen molar-refractivity contribution < 1.29 is 14.3 Å². The molecule has 0 aliphatic heterocycles. The fourth-order valence-electron chi connectivity index (χ4n) is 2.78. The summed E-state index contributed by atoms with van der Waals surface area (Å²) >= 11 is 0. The van der Waals surface area contributed by atoms with Crippen LogP contribution >= 0.6 is 0 Å². The van der Waals surface area contributed by atoms with Crippen LogP contribution in [0.2, 0.25) is 0 Å². The number of aromatic nitrogens is 2. The van der Waals surface area contributed by atoms with Crippen LogP contribution in [0.4, 0.5) is 16.2 Å². The smallest absolute Gasteiger partial charge is 0.323 e. The number of nitrogens with one attached hydrogen (secondary N) is 2. The van der Waals surface area contributed by atoms with Crippen molar-refractivity contribution in [3.63, 3.8) is 0 Å². The van der Waals surface area contributed by atoms with Gasteiger partial charge in [0.15, 0.2) is 5.78 Å². The summed E-state index contributed by atoms with van der Waals surface area (Å²) in [6.07, 6.45) is 1.49. The molecule has 2 aromatic carbocycles. The molecule has 0 aliphatic carbocycles. The standard InChI is InChI=1S/C21H22N4O4/c1-3-29-11-10-25-13-22-19-9-8-17(12-18(19)20(25)27)24-21(28)23-16-6-4-15(5-7-16)14(2)26/h4-9,12-13H,3,10-11H2,1-2H3,(H2,23,24,28). The summed E-state index contributed by atoms with van der Waals surface area (Å²) in [6, 6.07) is 11.1. The molecule has 0 unspecified atom stereocenters. The highest BCUT2D eigenvalue weighted by Crippen LogP contribution is 2.16. The van der Waals surface area contributed by atoms with E-state index in [0.29, 0.717) is 47.6 Å². The molecule has 8 heteroatoms. The summed E-state index contributed by atoms with van der Waals surface area (Å²) in [7, 11) is 0. The Labute approximate surface area is 167 Å². The van der Waals surface area contributed by atoms with Crippen LogP contribution < -0.4 is 16.2 Å². The van der Waals surface area contributed by atoms with Gasteiger partial charge >= 0.3 is 6.03 Å². The topological polar surface area (TPSA) is 102 Å². The van der Waals surface area contributed by atoms with E-state index in [1.807, 2.05) is 6.92 Å². The van der Waals surface area contributed by atoms with Crippen LogP contribution in [0.25, 0.3) is 10.9 Å². The van der Waals surface area contributed by atoms with Crippen LogP contribution in [0, 0.1) is 0 Å². The molecule has 0 aliphatic rings. The number of anilines is 2. The molecule has 0 bridgehead atoms. The van der Waals surface area contributed by atoms with Gasteiger partial charge in [-0.2, -0.15) is 0 Å². The number of nitrogens with zero attached hydrogens (tertiary/aromatic N) is 2. The van der Waals surface area contributed by atoms with Gasteiger partial charge in [-0.05, 0) is 56.3 Å². The van der Waals surface area contributed by atoms with Gasteiger partial charge in [-0.3, -0.25) is 14.2 Å². The van der Waals surface area contributed by atoms with E-state index in [0.717, 1.165) is 0 Å². The van der Waals surface area contributed by atoms with E-state index >= 15 is 0 Å². The van der Waals surface area contributed by atoms with Crippen molar-refractivity contribution in [2.24, 2.45) is 0 Å². The Morgan fingerprint density at radius 3 is 2.45 bits per heavy atom. The molecule has 8 nitrogen and oxygen atoms in total. The largest absolute Gasteiger partial charge is 0.380 e. The third kappa shape index (κ3) is 5.05. The van der Waals surface area contributed by atoms with Crippen molar-refractivity contribution in [2.45, 2.75) is 20.4 Å². The number of carbonyl (C=O) groups is 2. The molecular weight excluding hydrogens is 372 g/mol. The zero-order valence-electron chi connectivity index (χ0n) is 16.3. The van der Waals surface area contributed by atoms with Gasteiger partial charge < -0.3 is 15.4 Å². The minimum Gasteiger partial charge on any atom is -0.380 e. The molecular formula is C21H22N4O4. The van der Waals surface area contributed by atoms with Crippen LogP contribution in [-0.4, -0.2) is 34.6 Å². The second-order valence-electron chi connectivity index (χ2n) is 6.38. The Morgan fingerprint density at radius 1 is 1.07 bits per heavy atom. The average molecular weight is 394 g/mol. The summed E-state index contributed by atoms with van der Waals surface area (Å²) < 4.78 is 6.77. The number of hydrogen-bond donors (Lipinski definition) is 2. The van der Waals surface area contributed by atoms with E-state index in [-0.39, 0.29) is 11.3 Å². The van der Waals surface area contributed by atoms with E-state index in [1.165, 1.54) is 17.8 Å². The first-order chi connectivity index (χ1) is 14.0. The summed E-state index contributed by atoms with van der Waals surface area (Å²) in [5, 5.41) is 5.80. The molecule has 29 heavy (non-hydrogen) atoms. The van der Waals surface area contributed by atoms with Crippen molar-refractivity contribution in [2.75, 3.05) is 23.8 Å². The molecule has 2 amide bonds. The number of carbonyl (C=O) groups excluding carboxylic acids is 2. The molecule has 0 radical (unpaired) electrons. The maximum atomic E-state index is 12.7. The zero-order chi connectivity index (χ0) is 20.8. The lowest BCUT2D eigenvalue weighted by Crippen LogP contribution is -2.23. The minimum absolute atomic E-state index is 0.0438. The molecule has 150 valence electrons. The van der Waals surface area contributed by atoms with Gasteiger partial charge in [-0.25, -0.2) is 9.78 Å². The lowest BCUT2D eigenvalue weighted by atomic mass is 10.1. The molecule has 1 heterocycles. The summed E-state index contributed by atoms with van der Waals surface area (Å²) in [5.41, 5.74) is 1.94. The number of ketones is 1. The van der Waals surface area contributed by atoms with Crippen molar-refractivity contribution in [3.05, 3.63) is 64.7 Å². The van der Waals surface area contributed by atoms with Gasteiger partial charge in [0.05, 0.1) is 30.4 Å². The molecule has 0 saturated carbocycles. The lowest BCUT2D eigenvalue weighted by molar-refractivity contribution is 0.101. The molecule has 0 fully saturated rings. The van der Waals surface area contributed by atoms with E-state index in [9.17, 15) is 14.4 Å². The van der Waals surface area contributed by atoms with Crippen LogP contribution in [0.1, 0.15) is 24.2 Å². The second-order valence-corrected chi connectivity index (χ2v) is 6.38. The summed E-state index contributed by atoms with van der Waals surface area (Å²) in [5.74, 6) is -0.0438. The van der Waals surface area contributed by atoms with E-state index in [4.69, 9.17) is 4.74 Å². The number of benzene rings is 2. The Kier molecular flexibility index (Phi) is 6.36. The Morgan fingerprint density at radius 2 is 1.76 bits per heavy atom. The Hall–Kier alpha value is -3.52. The number of amides is 2. The fourth-order valence-corrected chi connectivity index (χ4v) is 2.78. The maximum Gasteiger partial charge on any atom is 0.323 e. The molecule has 0 saturated heterocycles. The molecule has 3 rings (SSSR count). The third-order valence-electron chi connectivity index (χ3n) is 4.31. The number of Topliss-reactive ketones (excluding diaryl/α,β-unsaturated/α-hetero) is 1. The highest BCUT2D eigenvalue weighted by Gasteiger charge is 2.08. The minimum atomic E-state index is -0.458. The second kappa shape index (κ2) is 9.11. The molecule has 0 spiro atoms. The van der Waals surface area contributed by atoms with Crippen molar-refractivity contribution >= 4 is 34.1 Å². The highest BCUT2D eigenvalue weighted by atomic mass is 16.5. The van der Waals surface area contributed by atoms with E-state index in [1.54, 1.807) is 42.5 Å². The predicted molar refractivity (Wildman–Crippen MR) is 112 cm³/mol. The van der Waals surface area contributed by atoms with Gasteiger partial charge in [0.1, 0.15) is 0 Å². The highest BCUT2D eigenvalue weighted by molar-refractivity contribution is 6.01. The fraction of sp³-hybridized carbons (Fsp3) is 0.238. The SMILES string of the molecule is CCOCCn1cnc2ccc(NC(=O)Nc3ccc(C(C)=O)cc3)cc2c1=O. The molecule has 1 aromatic heterocycles. The first-order valence-corrected chi connectivity index (χ1v) is 9.24. The number of hydrogen-bond acceptors (Lipinski definition) is 5. The van der Waals surface area contributed by atoms with Crippen LogP contribution in [0.15, 0.2) is 53.6 Å². The van der Waals surface area contributed by atoms with Crippen molar-refractivity contribution in [3.8, 4) is 0 Å². The molecule has 3 aromatic rings. The van der Waals surface area contributed by atoms with Gasteiger partial charge in [-0.1, -0.05) is 0 Å². The predicted octanol–water partition coefficient (Wildman–Crippen LogP) is 3.28. The van der Waals surface area contributed by atoms with Gasteiger partial charge in [0.2, 0.25) is 0 Å². The van der Waals surface area contributed by atoms with Gasteiger partial charge in [0.25, 0.3) is 5.56 Å². The number of ether oxygens (including phenoxy) is 1. The average Bonchev–Trinajstić information content (AvgIpc) is 2.70. The molecule has 2 N–H and O–H groups in total. The monoisotopic (exact) mass is 394 g/mol. The number of fused-ring (bicyclic) bond motifs is 1. The first-order valence-electron chi connectivity index (χ1n) is 9.24. The number of rotatable bonds is 7. The van der Waals surface area contributed by atoms with Crippen LogP contribution in [0.5, 0.6) is 0 Å². The summed E-state index contributed by atoms with van der Waals surface area (Å²) in [4.78, 5) is 40.5. The lowest BCUT2D eigenvalue weighted by Gasteiger charge is -2.10. The summed E-state index contributed by atoms with van der Waals surface area (Å²) in [6.45, 7) is 4.78. The normalized spacial score (nSPS) is 10.7. The van der Waals surface area contributed by atoms with Crippen LogP contribution in [-0.2, 0) is 11.3 Å². The molecule has 0 atom stereocenters. The van der Waals surface area contributed by atoms with E-state index < -0.39 is 6.03 Å². The number of urea groups is 1. The Bertz CT molecular complexity index is 1090. The van der Waals surface area contributed by atoms with Crippen molar-refractivity contribution in [1.82, 2.24) is 9.55 Å². The van der Waals surface area contributed by atoms with E-state index in [2.05, 4.69) is 15.6 Å². The van der Waals surface area contributed by atoms with Gasteiger partial charge in [-0.15, -0.1) is 0 Å². The first kappa shape index (κ1) is 20.2. The zero-order valence-corrected chi connectivity index (χ0v) is 16.3. The quantitative estimate of drug-likeness (QED) is 0.473. The Balaban J connectivity index is 1.73. The van der Waals surface area contributed by atoms with Crippen LogP contribution in [0.3, 0.4) is 0 Å². The third-order valence-corrected chi connectivity index (χ3v) is 4.31. The maximum absolute atomic E-state index is 12.7. The van der Waals surface area contributed by atoms with Gasteiger partial charge in [0, 0.05) is 23.5 Å².